The van der Waals surface area contributed by atoms with Gasteiger partial charge in [0.2, 0.25) is 11.8 Å². The van der Waals surface area contributed by atoms with Crippen molar-refractivity contribution >= 4 is 45.8 Å². The fraction of sp³-hybridized carbons (Fsp3) is 0.250. The largest absolute Gasteiger partial charge is 0.440 e. The van der Waals surface area contributed by atoms with E-state index in [0.717, 1.165) is 27.0 Å². The molecule has 2 heterocycles. The fourth-order valence-corrected chi connectivity index (χ4v) is 4.69. The number of hydrogen-bond acceptors (Lipinski definition) is 6. The molecule has 0 unspecified atom stereocenters. The molecule has 1 saturated heterocycles. The summed E-state index contributed by atoms with van der Waals surface area (Å²) in [6.45, 7) is 6.67. The van der Waals surface area contributed by atoms with Crippen molar-refractivity contribution in [3.05, 3.63) is 93.3 Å². The second kappa shape index (κ2) is 12.5. The van der Waals surface area contributed by atoms with E-state index < -0.39 is 11.7 Å². The molecule has 0 atom stereocenters. The second-order valence-corrected chi connectivity index (χ2v) is 10.0. The van der Waals surface area contributed by atoms with Crippen molar-refractivity contribution < 1.29 is 22.7 Å². The van der Waals surface area contributed by atoms with Gasteiger partial charge in [-0.15, -0.1) is 0 Å². The Hall–Kier alpha value is -3.63. The van der Waals surface area contributed by atoms with E-state index in [4.69, 9.17) is 10.00 Å². The molecule has 202 valence electrons. The van der Waals surface area contributed by atoms with Gasteiger partial charge in [0, 0.05) is 43.1 Å². The molecule has 2 aliphatic rings. The van der Waals surface area contributed by atoms with E-state index in [-0.39, 0.29) is 12.5 Å². The Morgan fingerprint density at radius 3 is 2.38 bits per heavy atom. The van der Waals surface area contributed by atoms with E-state index in [1.54, 1.807) is 18.2 Å². The van der Waals surface area contributed by atoms with Crippen molar-refractivity contribution in [2.45, 2.75) is 6.18 Å². The number of alkyl halides is 3. The van der Waals surface area contributed by atoms with Crippen LogP contribution in [-0.2, 0) is 15.7 Å². The zero-order valence-electron chi connectivity index (χ0n) is 20.8. The molecule has 0 aliphatic carbocycles. The monoisotopic (exact) mass is 647 g/mol. The summed E-state index contributed by atoms with van der Waals surface area (Å²) in [5.41, 5.74) is 1.91. The highest BCUT2D eigenvalue weighted by atomic mass is 127. The maximum absolute atomic E-state index is 12.8. The molecule has 0 saturated carbocycles. The number of allylic oxidation sites excluding steroid dienone is 4. The number of carbonyl (C=O) groups excluding carboxylic acids is 1. The summed E-state index contributed by atoms with van der Waals surface area (Å²) in [4.78, 5) is 21.0. The summed E-state index contributed by atoms with van der Waals surface area (Å²) in [5, 5.41) is 12.0. The minimum Gasteiger partial charge on any atom is -0.440 e. The summed E-state index contributed by atoms with van der Waals surface area (Å²) in [7, 11) is 0. The molecule has 2 aromatic carbocycles. The SMILES string of the molecule is C=C/C(C#N)=C\C(I)=C1/CN=C(c2ccc(NC(=O)CN3CCN(c4ccc(C(F)(F)F)cc4)CC3)cc2)O1. The van der Waals surface area contributed by atoms with Crippen molar-refractivity contribution in [3.8, 4) is 6.07 Å². The van der Waals surface area contributed by atoms with E-state index >= 15 is 0 Å². The first-order valence-electron chi connectivity index (χ1n) is 12.1. The van der Waals surface area contributed by atoms with Gasteiger partial charge >= 0.3 is 6.18 Å². The van der Waals surface area contributed by atoms with Gasteiger partial charge < -0.3 is 15.0 Å². The Kier molecular flexibility index (Phi) is 9.08. The Labute approximate surface area is 238 Å². The van der Waals surface area contributed by atoms with Gasteiger partial charge in [-0.25, -0.2) is 4.99 Å². The van der Waals surface area contributed by atoms with Gasteiger partial charge in [-0.05, 0) is 77.2 Å². The lowest BCUT2D eigenvalue weighted by atomic mass is 10.1. The molecule has 0 radical (unpaired) electrons. The standard InChI is InChI=1S/C28H25F3IN5O2/c1-2-19(16-33)15-24(32)25-17-34-27(39-25)20-3-7-22(8-4-20)35-26(38)18-36-11-13-37(14-12-36)23-9-5-21(6-10-23)28(29,30)31/h2-10,15H,1,11-14,17-18H2,(H,35,38)/b19-15+,25-24-. The Balaban J connectivity index is 1.25. The van der Waals surface area contributed by atoms with Crippen molar-refractivity contribution in [1.82, 2.24) is 4.90 Å². The number of halogens is 4. The molecule has 1 amide bonds. The van der Waals surface area contributed by atoms with Crippen molar-refractivity contribution in [2.75, 3.05) is 49.5 Å². The summed E-state index contributed by atoms with van der Waals surface area (Å²) < 4.78 is 45.0. The molecule has 39 heavy (non-hydrogen) atoms. The minimum atomic E-state index is -4.35. The number of aliphatic imine (C=N–C) groups is 1. The molecule has 0 bridgehead atoms. The predicted molar refractivity (Wildman–Crippen MR) is 153 cm³/mol. The van der Waals surface area contributed by atoms with Gasteiger partial charge in [0.15, 0.2) is 0 Å². The third-order valence-corrected chi connectivity index (χ3v) is 7.11. The number of nitrogens with one attached hydrogen (secondary N) is 1. The van der Waals surface area contributed by atoms with Crippen LogP contribution in [0.3, 0.4) is 0 Å². The average Bonchev–Trinajstić information content (AvgIpc) is 3.43. The Morgan fingerprint density at radius 1 is 1.13 bits per heavy atom. The predicted octanol–water partition coefficient (Wildman–Crippen LogP) is 5.53. The second-order valence-electron chi connectivity index (χ2n) is 8.84. The smallest absolute Gasteiger partial charge is 0.416 e. The van der Waals surface area contributed by atoms with Gasteiger partial charge in [-0.1, -0.05) is 12.7 Å². The van der Waals surface area contributed by atoms with Crippen LogP contribution >= 0.6 is 22.6 Å². The number of nitrogens with zero attached hydrogens (tertiary/aromatic N) is 4. The minimum absolute atomic E-state index is 0.151. The van der Waals surface area contributed by atoms with Crippen LogP contribution in [0.4, 0.5) is 24.5 Å². The topological polar surface area (TPSA) is 81.0 Å². The molecule has 1 fully saturated rings. The van der Waals surface area contributed by atoms with Gasteiger partial charge in [0.25, 0.3) is 0 Å². The quantitative estimate of drug-likeness (QED) is 0.243. The van der Waals surface area contributed by atoms with E-state index in [0.29, 0.717) is 55.6 Å². The highest BCUT2D eigenvalue weighted by Crippen LogP contribution is 2.31. The van der Waals surface area contributed by atoms with Crippen LogP contribution in [-0.4, -0.2) is 56.0 Å². The number of benzene rings is 2. The van der Waals surface area contributed by atoms with Gasteiger partial charge in [-0.2, -0.15) is 18.4 Å². The molecule has 0 aromatic heterocycles. The Bertz CT molecular complexity index is 1350. The van der Waals surface area contributed by atoms with E-state index in [2.05, 4.69) is 45.5 Å². The number of anilines is 2. The maximum Gasteiger partial charge on any atom is 0.416 e. The van der Waals surface area contributed by atoms with Crippen molar-refractivity contribution in [2.24, 2.45) is 4.99 Å². The van der Waals surface area contributed by atoms with Crippen LogP contribution in [0.25, 0.3) is 0 Å². The Morgan fingerprint density at radius 2 is 1.79 bits per heavy atom. The van der Waals surface area contributed by atoms with E-state index in [1.165, 1.54) is 18.2 Å². The lowest BCUT2D eigenvalue weighted by Crippen LogP contribution is -2.48. The molecule has 0 spiro atoms. The third kappa shape index (κ3) is 7.48. The van der Waals surface area contributed by atoms with Crippen LogP contribution in [0.2, 0.25) is 0 Å². The summed E-state index contributed by atoms with van der Waals surface area (Å²) in [5.74, 6) is 0.965. The molecule has 4 rings (SSSR count). The molecular formula is C28H25F3IN5O2. The first-order valence-corrected chi connectivity index (χ1v) is 13.1. The van der Waals surface area contributed by atoms with Gasteiger partial charge in [-0.3, -0.25) is 9.69 Å². The van der Waals surface area contributed by atoms with Crippen molar-refractivity contribution in [3.63, 3.8) is 0 Å². The summed E-state index contributed by atoms with van der Waals surface area (Å²) in [6, 6.07) is 14.4. The third-order valence-electron chi connectivity index (χ3n) is 6.20. The first kappa shape index (κ1) is 28.4. The first-order chi connectivity index (χ1) is 18.7. The number of amides is 1. The molecule has 2 aromatic rings. The van der Waals surface area contributed by atoms with Crippen LogP contribution < -0.4 is 10.2 Å². The zero-order chi connectivity index (χ0) is 28.0. The molecule has 7 nitrogen and oxygen atoms in total. The van der Waals surface area contributed by atoms with Crippen molar-refractivity contribution in [1.29, 1.82) is 5.26 Å². The highest BCUT2D eigenvalue weighted by molar-refractivity contribution is 14.1. The van der Waals surface area contributed by atoms with Gasteiger partial charge in [0.1, 0.15) is 12.3 Å². The number of carbonyl (C=O) groups is 1. The van der Waals surface area contributed by atoms with Crippen LogP contribution in [0.5, 0.6) is 0 Å². The number of ether oxygens (including phenoxy) is 1. The number of piperazine rings is 1. The van der Waals surface area contributed by atoms with E-state index in [1.807, 2.05) is 21.9 Å². The lowest BCUT2D eigenvalue weighted by Gasteiger charge is -2.35. The maximum atomic E-state index is 12.8. The lowest BCUT2D eigenvalue weighted by molar-refractivity contribution is -0.137. The molecule has 1 N–H and O–H groups in total. The number of nitriles is 1. The van der Waals surface area contributed by atoms with E-state index in [9.17, 15) is 18.0 Å². The van der Waals surface area contributed by atoms with Crippen LogP contribution in [0.1, 0.15) is 11.1 Å². The summed E-state index contributed by atoms with van der Waals surface area (Å²) >= 11 is 2.10. The zero-order valence-corrected chi connectivity index (χ0v) is 23.0. The summed E-state index contributed by atoms with van der Waals surface area (Å²) in [6.07, 6.45) is -1.18. The molecule has 11 heteroatoms. The number of hydrogen-bond donors (Lipinski definition) is 1. The van der Waals surface area contributed by atoms with Crippen LogP contribution in [0, 0.1) is 11.3 Å². The molecular weight excluding hydrogens is 622 g/mol. The number of rotatable bonds is 7. The van der Waals surface area contributed by atoms with Gasteiger partial charge in [0.05, 0.1) is 27.3 Å². The molecule has 2 aliphatic heterocycles. The van der Waals surface area contributed by atoms with Crippen LogP contribution in [0.15, 0.2) is 87.2 Å². The normalized spacial score (nSPS) is 17.7. The fourth-order valence-electron chi connectivity index (χ4n) is 4.08. The average molecular weight is 647 g/mol. The highest BCUT2D eigenvalue weighted by Gasteiger charge is 2.30.